The van der Waals surface area contributed by atoms with E-state index < -0.39 is 6.10 Å². The van der Waals surface area contributed by atoms with Gasteiger partial charge in [0.25, 0.3) is 0 Å². The van der Waals surface area contributed by atoms with Crippen molar-refractivity contribution in [1.29, 1.82) is 0 Å². The smallest absolute Gasteiger partial charge is 0.146 e. The second-order valence-corrected chi connectivity index (χ2v) is 3.04. The van der Waals surface area contributed by atoms with Crippen molar-refractivity contribution in [3.05, 3.63) is 16.9 Å². The Bertz CT molecular complexity index is 216. The summed E-state index contributed by atoms with van der Waals surface area (Å²) in [5.41, 5.74) is 4.20. The van der Waals surface area contributed by atoms with E-state index in [-0.39, 0.29) is 20.0 Å². The molecule has 4 nitrogen and oxygen atoms in total. The topological polar surface area (TPSA) is 58.9 Å². The fraction of sp³-hybridized carbons (Fsp3) is 0.700. The summed E-state index contributed by atoms with van der Waals surface area (Å²) in [5, 5.41) is 18.2. The predicted molar refractivity (Wildman–Crippen MR) is 52.8 cm³/mol. The number of aliphatic hydroxyl groups is 2. The zero-order valence-electron chi connectivity index (χ0n) is 8.91. The minimum atomic E-state index is -0.702. The molecule has 0 spiro atoms. The van der Waals surface area contributed by atoms with Crippen molar-refractivity contribution in [2.45, 2.75) is 20.0 Å². The van der Waals surface area contributed by atoms with Crippen LogP contribution in [0.15, 0.2) is 16.9 Å². The summed E-state index contributed by atoms with van der Waals surface area (Å²) >= 11 is 0. The lowest BCUT2D eigenvalue weighted by molar-refractivity contribution is -0.0545. The SMILES string of the molecule is COCOC[C@@H](O)C(C)=C=C(C)CO. The third-order valence-electron chi connectivity index (χ3n) is 1.62. The van der Waals surface area contributed by atoms with Gasteiger partial charge in [-0.3, -0.25) is 0 Å². The van der Waals surface area contributed by atoms with Crippen molar-refractivity contribution in [2.24, 2.45) is 0 Å². The Labute approximate surface area is 84.5 Å². The minimum Gasteiger partial charge on any atom is -0.391 e. The van der Waals surface area contributed by atoms with Crippen LogP contribution in [0.2, 0.25) is 0 Å². The highest BCUT2D eigenvalue weighted by molar-refractivity contribution is 5.09. The Morgan fingerprint density at radius 3 is 2.57 bits per heavy atom. The highest BCUT2D eigenvalue weighted by Gasteiger charge is 2.05. The van der Waals surface area contributed by atoms with Gasteiger partial charge in [0.05, 0.1) is 13.2 Å². The highest BCUT2D eigenvalue weighted by Crippen LogP contribution is 2.01. The first-order chi connectivity index (χ1) is 6.61. The monoisotopic (exact) mass is 202 g/mol. The van der Waals surface area contributed by atoms with E-state index in [4.69, 9.17) is 9.84 Å². The average Bonchev–Trinajstić information content (AvgIpc) is 2.17. The molecule has 0 fully saturated rings. The van der Waals surface area contributed by atoms with Gasteiger partial charge in [-0.15, -0.1) is 5.73 Å². The molecule has 14 heavy (non-hydrogen) atoms. The lowest BCUT2D eigenvalue weighted by Gasteiger charge is -2.09. The first-order valence-corrected chi connectivity index (χ1v) is 4.40. The van der Waals surface area contributed by atoms with Crippen molar-refractivity contribution in [3.8, 4) is 0 Å². The second-order valence-electron chi connectivity index (χ2n) is 3.04. The van der Waals surface area contributed by atoms with Crippen molar-refractivity contribution in [1.82, 2.24) is 0 Å². The van der Waals surface area contributed by atoms with Crippen LogP contribution >= 0.6 is 0 Å². The third-order valence-corrected chi connectivity index (χ3v) is 1.62. The predicted octanol–water partition coefficient (Wildman–Crippen LogP) is 0.452. The number of aliphatic hydroxyl groups excluding tert-OH is 2. The quantitative estimate of drug-likeness (QED) is 0.373. The minimum absolute atomic E-state index is 0.0526. The molecule has 4 heteroatoms. The number of ether oxygens (including phenoxy) is 2. The second kappa shape index (κ2) is 7.74. The van der Waals surface area contributed by atoms with Crippen LogP contribution in [0.25, 0.3) is 0 Å². The molecule has 0 radical (unpaired) electrons. The number of methoxy groups -OCH3 is 1. The summed E-state index contributed by atoms with van der Waals surface area (Å²) in [6.45, 7) is 3.76. The van der Waals surface area contributed by atoms with Crippen molar-refractivity contribution < 1.29 is 19.7 Å². The maximum Gasteiger partial charge on any atom is 0.146 e. The fourth-order valence-electron chi connectivity index (χ4n) is 0.827. The Morgan fingerprint density at radius 1 is 1.43 bits per heavy atom. The lowest BCUT2D eigenvalue weighted by Crippen LogP contribution is -2.17. The van der Waals surface area contributed by atoms with Crippen LogP contribution < -0.4 is 0 Å². The van der Waals surface area contributed by atoms with Crippen molar-refractivity contribution >= 4 is 0 Å². The average molecular weight is 202 g/mol. The summed E-state index contributed by atoms with van der Waals surface area (Å²) in [6, 6.07) is 0. The Balaban J connectivity index is 4.11. The molecule has 0 unspecified atom stereocenters. The van der Waals surface area contributed by atoms with E-state index in [0.717, 1.165) is 0 Å². The van der Waals surface area contributed by atoms with Crippen LogP contribution in [0.5, 0.6) is 0 Å². The Morgan fingerprint density at radius 2 is 2.07 bits per heavy atom. The van der Waals surface area contributed by atoms with E-state index in [9.17, 15) is 5.11 Å². The molecule has 2 N–H and O–H groups in total. The molecule has 0 heterocycles. The summed E-state index contributed by atoms with van der Waals surface area (Å²) in [5.74, 6) is 0. The van der Waals surface area contributed by atoms with Crippen molar-refractivity contribution in [2.75, 3.05) is 27.1 Å². The van der Waals surface area contributed by atoms with Crippen LogP contribution in [0.1, 0.15) is 13.8 Å². The van der Waals surface area contributed by atoms with Gasteiger partial charge >= 0.3 is 0 Å². The molecule has 0 aromatic rings. The summed E-state index contributed by atoms with van der Waals surface area (Å²) in [6.07, 6.45) is -0.702. The molecule has 0 saturated heterocycles. The molecule has 0 aliphatic carbocycles. The molecule has 0 aromatic heterocycles. The van der Waals surface area contributed by atoms with Crippen molar-refractivity contribution in [3.63, 3.8) is 0 Å². The molecule has 0 aromatic carbocycles. The van der Waals surface area contributed by atoms with Crippen LogP contribution in [0.4, 0.5) is 0 Å². The third kappa shape index (κ3) is 5.91. The molecule has 1 atom stereocenters. The molecule has 0 aliphatic heterocycles. The normalized spacial score (nSPS) is 12.1. The molecule has 0 aliphatic rings. The summed E-state index contributed by atoms with van der Waals surface area (Å²) in [4.78, 5) is 0. The molecule has 0 amide bonds. The molecule has 0 rings (SSSR count). The van der Waals surface area contributed by atoms with Gasteiger partial charge in [-0.05, 0) is 25.0 Å². The largest absolute Gasteiger partial charge is 0.391 e. The molecule has 0 bridgehead atoms. The summed E-state index contributed by atoms with van der Waals surface area (Å²) in [7, 11) is 1.52. The standard InChI is InChI=1S/C10H18O4/c1-8(5-11)4-9(2)10(12)6-14-7-13-3/h10-12H,5-7H2,1-3H3/t4?,10-/m1/s1. The zero-order valence-corrected chi connectivity index (χ0v) is 8.91. The van der Waals surface area contributed by atoms with Gasteiger partial charge in [-0.25, -0.2) is 0 Å². The zero-order chi connectivity index (χ0) is 11.0. The van der Waals surface area contributed by atoms with Gasteiger partial charge in [-0.1, -0.05) is 0 Å². The molecule has 82 valence electrons. The Hall–Kier alpha value is -0.640. The molecular formula is C10H18O4. The van der Waals surface area contributed by atoms with E-state index in [1.54, 1.807) is 13.8 Å². The van der Waals surface area contributed by atoms with E-state index in [0.29, 0.717) is 11.1 Å². The van der Waals surface area contributed by atoms with E-state index in [2.05, 4.69) is 10.5 Å². The number of hydrogen-bond acceptors (Lipinski definition) is 4. The van der Waals surface area contributed by atoms with Crippen LogP contribution in [0, 0.1) is 0 Å². The maximum absolute atomic E-state index is 9.51. The highest BCUT2D eigenvalue weighted by atomic mass is 16.7. The van der Waals surface area contributed by atoms with Crippen LogP contribution in [0.3, 0.4) is 0 Å². The number of rotatable bonds is 6. The van der Waals surface area contributed by atoms with Crippen LogP contribution in [-0.4, -0.2) is 43.4 Å². The molecular weight excluding hydrogens is 184 g/mol. The van der Waals surface area contributed by atoms with Gasteiger partial charge in [0.1, 0.15) is 12.9 Å². The summed E-state index contributed by atoms with van der Waals surface area (Å²) < 4.78 is 9.64. The van der Waals surface area contributed by atoms with E-state index in [1.165, 1.54) is 7.11 Å². The van der Waals surface area contributed by atoms with Gasteiger partial charge in [0.2, 0.25) is 0 Å². The maximum atomic E-state index is 9.51. The first kappa shape index (κ1) is 13.4. The van der Waals surface area contributed by atoms with Crippen LogP contribution in [-0.2, 0) is 9.47 Å². The van der Waals surface area contributed by atoms with E-state index >= 15 is 0 Å². The van der Waals surface area contributed by atoms with Gasteiger partial charge in [0.15, 0.2) is 0 Å². The van der Waals surface area contributed by atoms with Gasteiger partial charge < -0.3 is 19.7 Å². The van der Waals surface area contributed by atoms with E-state index in [1.807, 2.05) is 0 Å². The number of hydrogen-bond donors (Lipinski definition) is 2. The lowest BCUT2D eigenvalue weighted by atomic mass is 10.1. The van der Waals surface area contributed by atoms with Gasteiger partial charge in [-0.2, -0.15) is 0 Å². The molecule has 0 saturated carbocycles. The van der Waals surface area contributed by atoms with Gasteiger partial charge in [0, 0.05) is 7.11 Å². The first-order valence-electron chi connectivity index (χ1n) is 4.40. The fourth-order valence-corrected chi connectivity index (χ4v) is 0.827. The Kier molecular flexibility index (Phi) is 7.38.